The average molecular weight is 160 g/mol. The standard InChI is InChI=1S/C6H12N2OS/c1-3-9-8-6-7-4-5(2)10-6/h5H,3-4H2,1-2H3,(H,7,8)/t5-/m1/s1. The lowest BCUT2D eigenvalue weighted by molar-refractivity contribution is 0.0992. The van der Waals surface area contributed by atoms with Gasteiger partial charge in [0.05, 0.1) is 13.2 Å². The van der Waals surface area contributed by atoms with Crippen molar-refractivity contribution in [3.63, 3.8) is 0 Å². The van der Waals surface area contributed by atoms with E-state index in [9.17, 15) is 0 Å². The average Bonchev–Trinajstić information content (AvgIpc) is 2.31. The Bertz CT molecular complexity index is 138. The van der Waals surface area contributed by atoms with E-state index in [0.717, 1.165) is 11.7 Å². The van der Waals surface area contributed by atoms with Gasteiger partial charge in [-0.1, -0.05) is 18.7 Å². The minimum Gasteiger partial charge on any atom is -0.275 e. The zero-order chi connectivity index (χ0) is 7.40. The zero-order valence-corrected chi connectivity index (χ0v) is 7.07. The van der Waals surface area contributed by atoms with E-state index in [-0.39, 0.29) is 0 Å². The van der Waals surface area contributed by atoms with Crippen molar-refractivity contribution >= 4 is 16.9 Å². The fourth-order valence-electron chi connectivity index (χ4n) is 0.667. The first-order valence-corrected chi connectivity index (χ1v) is 4.29. The molecule has 0 radical (unpaired) electrons. The fraction of sp³-hybridized carbons (Fsp3) is 0.833. The van der Waals surface area contributed by atoms with Crippen LogP contribution in [0.25, 0.3) is 0 Å². The first-order chi connectivity index (χ1) is 4.83. The van der Waals surface area contributed by atoms with Crippen LogP contribution >= 0.6 is 11.8 Å². The maximum Gasteiger partial charge on any atom is 0.181 e. The molecular weight excluding hydrogens is 148 g/mol. The van der Waals surface area contributed by atoms with Crippen LogP contribution in [0, 0.1) is 0 Å². The molecule has 0 amide bonds. The minimum atomic E-state index is 0.600. The molecule has 0 aromatic rings. The van der Waals surface area contributed by atoms with Crippen LogP contribution in [0.4, 0.5) is 0 Å². The molecule has 58 valence electrons. The number of hydrogen-bond donors (Lipinski definition) is 1. The Morgan fingerprint density at radius 3 is 3.20 bits per heavy atom. The van der Waals surface area contributed by atoms with Crippen LogP contribution in [-0.4, -0.2) is 23.6 Å². The van der Waals surface area contributed by atoms with Crippen molar-refractivity contribution in [1.29, 1.82) is 0 Å². The number of aliphatic imine (C=N–C) groups is 1. The van der Waals surface area contributed by atoms with Crippen molar-refractivity contribution in [2.24, 2.45) is 4.99 Å². The van der Waals surface area contributed by atoms with E-state index in [4.69, 9.17) is 4.84 Å². The summed E-state index contributed by atoms with van der Waals surface area (Å²) < 4.78 is 0. The van der Waals surface area contributed by atoms with E-state index < -0.39 is 0 Å². The number of amidine groups is 1. The summed E-state index contributed by atoms with van der Waals surface area (Å²) in [6.07, 6.45) is 0. The van der Waals surface area contributed by atoms with Gasteiger partial charge in [0, 0.05) is 5.25 Å². The lowest BCUT2D eigenvalue weighted by atomic mass is 10.5. The van der Waals surface area contributed by atoms with Gasteiger partial charge in [-0.2, -0.15) is 0 Å². The Balaban J connectivity index is 2.17. The van der Waals surface area contributed by atoms with Gasteiger partial charge in [0.25, 0.3) is 0 Å². The second-order valence-corrected chi connectivity index (χ2v) is 3.54. The van der Waals surface area contributed by atoms with Crippen molar-refractivity contribution in [3.8, 4) is 0 Å². The smallest absolute Gasteiger partial charge is 0.181 e. The van der Waals surface area contributed by atoms with Crippen LogP contribution in [0.5, 0.6) is 0 Å². The van der Waals surface area contributed by atoms with Gasteiger partial charge >= 0.3 is 0 Å². The third-order valence-corrected chi connectivity index (χ3v) is 2.10. The molecule has 1 N–H and O–H groups in total. The largest absolute Gasteiger partial charge is 0.275 e. The number of hydrogen-bond acceptors (Lipinski definition) is 4. The Kier molecular flexibility index (Phi) is 3.02. The lowest BCUT2D eigenvalue weighted by Gasteiger charge is -2.02. The topological polar surface area (TPSA) is 33.6 Å². The van der Waals surface area contributed by atoms with Gasteiger partial charge in [-0.3, -0.25) is 9.83 Å². The van der Waals surface area contributed by atoms with Crippen LogP contribution < -0.4 is 5.48 Å². The summed E-state index contributed by atoms with van der Waals surface area (Å²) in [5.41, 5.74) is 2.77. The summed E-state index contributed by atoms with van der Waals surface area (Å²) in [5, 5.41) is 1.51. The van der Waals surface area contributed by atoms with Crippen molar-refractivity contribution in [2.45, 2.75) is 19.1 Å². The molecule has 1 aliphatic rings. The third-order valence-electron chi connectivity index (χ3n) is 1.11. The second kappa shape index (κ2) is 3.83. The number of thioether (sulfide) groups is 1. The predicted molar refractivity (Wildman–Crippen MR) is 44.1 cm³/mol. The number of hydroxylamine groups is 1. The molecule has 0 bridgehead atoms. The molecule has 0 saturated carbocycles. The van der Waals surface area contributed by atoms with Gasteiger partial charge in [0.15, 0.2) is 5.17 Å². The van der Waals surface area contributed by atoms with Gasteiger partial charge in [0.1, 0.15) is 0 Å². The number of nitrogens with one attached hydrogen (secondary N) is 1. The van der Waals surface area contributed by atoms with Crippen molar-refractivity contribution in [1.82, 2.24) is 5.48 Å². The maximum absolute atomic E-state index is 4.96. The van der Waals surface area contributed by atoms with Gasteiger partial charge < -0.3 is 0 Å². The molecule has 1 rings (SSSR count). The van der Waals surface area contributed by atoms with Crippen molar-refractivity contribution in [3.05, 3.63) is 0 Å². The molecule has 1 atom stereocenters. The van der Waals surface area contributed by atoms with Gasteiger partial charge in [0.2, 0.25) is 0 Å². The third kappa shape index (κ3) is 2.19. The highest BCUT2D eigenvalue weighted by molar-refractivity contribution is 8.14. The SMILES string of the molecule is CCONC1=NC[C@@H](C)S1. The molecule has 3 nitrogen and oxygen atoms in total. The van der Waals surface area contributed by atoms with E-state index in [1.165, 1.54) is 0 Å². The highest BCUT2D eigenvalue weighted by atomic mass is 32.2. The molecule has 1 heterocycles. The number of nitrogens with zero attached hydrogens (tertiary/aromatic N) is 1. The van der Waals surface area contributed by atoms with Crippen LogP contribution in [-0.2, 0) is 4.84 Å². The van der Waals surface area contributed by atoms with E-state index in [0.29, 0.717) is 11.9 Å². The lowest BCUT2D eigenvalue weighted by Crippen LogP contribution is -2.19. The quantitative estimate of drug-likeness (QED) is 0.612. The monoisotopic (exact) mass is 160 g/mol. The minimum absolute atomic E-state index is 0.600. The predicted octanol–water partition coefficient (Wildman–Crippen LogP) is 1.02. The van der Waals surface area contributed by atoms with E-state index >= 15 is 0 Å². The molecule has 0 aromatic heterocycles. The highest BCUT2D eigenvalue weighted by Gasteiger charge is 2.13. The second-order valence-electron chi connectivity index (χ2n) is 2.11. The van der Waals surface area contributed by atoms with E-state index in [1.807, 2.05) is 6.92 Å². The molecule has 4 heteroatoms. The van der Waals surface area contributed by atoms with Crippen LogP contribution in [0.1, 0.15) is 13.8 Å². The van der Waals surface area contributed by atoms with Crippen molar-refractivity contribution in [2.75, 3.05) is 13.2 Å². The molecule has 0 saturated heterocycles. The van der Waals surface area contributed by atoms with Crippen molar-refractivity contribution < 1.29 is 4.84 Å². The van der Waals surface area contributed by atoms with Crippen LogP contribution in [0.2, 0.25) is 0 Å². The van der Waals surface area contributed by atoms with Crippen LogP contribution in [0.3, 0.4) is 0 Å². The molecule has 0 fully saturated rings. The fourth-order valence-corrected chi connectivity index (χ4v) is 1.45. The Hall–Kier alpha value is -0.220. The van der Waals surface area contributed by atoms with E-state index in [2.05, 4.69) is 17.4 Å². The first kappa shape index (κ1) is 7.88. The van der Waals surface area contributed by atoms with Gasteiger partial charge in [-0.25, -0.2) is 5.48 Å². The summed E-state index contributed by atoms with van der Waals surface area (Å²) in [7, 11) is 0. The number of rotatable bonds is 2. The van der Waals surface area contributed by atoms with Crippen LogP contribution in [0.15, 0.2) is 4.99 Å². The Morgan fingerprint density at radius 1 is 1.90 bits per heavy atom. The summed E-state index contributed by atoms with van der Waals surface area (Å²) in [6.45, 7) is 5.67. The molecular formula is C6H12N2OS. The Morgan fingerprint density at radius 2 is 2.70 bits per heavy atom. The molecule has 0 aromatic carbocycles. The summed E-state index contributed by atoms with van der Waals surface area (Å²) in [4.78, 5) is 9.16. The Labute approximate surface area is 65.2 Å². The van der Waals surface area contributed by atoms with E-state index in [1.54, 1.807) is 11.8 Å². The maximum atomic E-state index is 4.96. The summed E-state index contributed by atoms with van der Waals surface area (Å²) in [6, 6.07) is 0. The molecule has 0 spiro atoms. The van der Waals surface area contributed by atoms with Gasteiger partial charge in [-0.15, -0.1) is 0 Å². The molecule has 10 heavy (non-hydrogen) atoms. The van der Waals surface area contributed by atoms with Gasteiger partial charge in [-0.05, 0) is 6.92 Å². The highest BCUT2D eigenvalue weighted by Crippen LogP contribution is 2.17. The zero-order valence-electron chi connectivity index (χ0n) is 6.26. The normalized spacial score (nSPS) is 24.6. The summed E-state index contributed by atoms with van der Waals surface area (Å²) >= 11 is 1.72. The summed E-state index contributed by atoms with van der Waals surface area (Å²) in [5.74, 6) is 0. The first-order valence-electron chi connectivity index (χ1n) is 3.42. The molecule has 1 aliphatic heterocycles. The molecule has 0 aliphatic carbocycles. The molecule has 0 unspecified atom stereocenters.